The van der Waals surface area contributed by atoms with Gasteiger partial charge in [-0.25, -0.2) is 4.79 Å². The molecule has 1 amide bonds. The molecule has 2 fully saturated rings. The first-order valence-electron chi connectivity index (χ1n) is 12.7. The second-order valence-electron chi connectivity index (χ2n) is 9.11. The Balaban J connectivity index is 1.15. The normalized spacial score (nSPS) is 17.4. The number of amides is 1. The Hall–Kier alpha value is -3.24. The van der Waals surface area contributed by atoms with Crippen LogP contribution in [0.15, 0.2) is 76.1 Å². The third-order valence-corrected chi connectivity index (χ3v) is 7.80. The molecule has 0 bridgehead atoms. The molecule has 1 aromatic heterocycles. The molecule has 3 aromatic rings. The molecule has 0 radical (unpaired) electrons. The highest BCUT2D eigenvalue weighted by atomic mass is 32.2. The topological polar surface area (TPSA) is 75.0 Å². The Morgan fingerprint density at radius 1 is 1.05 bits per heavy atom. The van der Waals surface area contributed by atoms with Gasteiger partial charge in [0.15, 0.2) is 0 Å². The van der Waals surface area contributed by atoms with Crippen molar-refractivity contribution in [1.29, 1.82) is 0 Å². The molecule has 7 nitrogen and oxygen atoms in total. The smallest absolute Gasteiger partial charge is 0.338 e. The molecule has 38 heavy (non-hydrogen) atoms. The molecular weight excluding hydrogens is 518 g/mol. The number of thioether (sulfide) groups is 1. The highest BCUT2D eigenvalue weighted by molar-refractivity contribution is 8.26. The van der Waals surface area contributed by atoms with Crippen LogP contribution in [0.4, 0.5) is 0 Å². The van der Waals surface area contributed by atoms with Gasteiger partial charge in [-0.15, -0.1) is 0 Å². The summed E-state index contributed by atoms with van der Waals surface area (Å²) in [5, 5.41) is 3.33. The number of thiocarbonyl (C=S) groups is 1. The average Bonchev–Trinajstić information content (AvgIpc) is 3.52. The number of carbonyl (C=O) groups is 2. The van der Waals surface area contributed by atoms with Crippen LogP contribution in [0.25, 0.3) is 17.4 Å². The van der Waals surface area contributed by atoms with Gasteiger partial charge >= 0.3 is 5.97 Å². The summed E-state index contributed by atoms with van der Waals surface area (Å²) in [6.45, 7) is 5.89. The number of rotatable bonds is 9. The molecule has 0 aliphatic carbocycles. The van der Waals surface area contributed by atoms with E-state index in [0.717, 1.165) is 50.3 Å². The van der Waals surface area contributed by atoms with Crippen LogP contribution in [0.2, 0.25) is 0 Å². The van der Waals surface area contributed by atoms with E-state index in [9.17, 15) is 9.59 Å². The standard InChI is InChI=1S/C29H29N3O4S2/c33-27-26(38-29(37)32(27)20-21-5-2-1-3-6-21)19-24-11-12-25(36-24)22-7-9-23(10-8-22)28(34)35-18-4-15-31-16-13-30-14-17-31/h1-3,5-12,19,30H,4,13-18,20H2/b26-19+. The van der Waals surface area contributed by atoms with Gasteiger partial charge in [-0.3, -0.25) is 9.69 Å². The maximum atomic E-state index is 12.9. The minimum absolute atomic E-state index is 0.127. The Bertz CT molecular complexity index is 1320. The number of hydrogen-bond donors (Lipinski definition) is 1. The largest absolute Gasteiger partial charge is 0.462 e. The van der Waals surface area contributed by atoms with Crippen LogP contribution in [0.1, 0.15) is 28.1 Å². The molecule has 196 valence electrons. The molecule has 2 aliphatic rings. The summed E-state index contributed by atoms with van der Waals surface area (Å²) in [6.07, 6.45) is 2.55. The lowest BCUT2D eigenvalue weighted by atomic mass is 10.1. The van der Waals surface area contributed by atoms with Crippen molar-refractivity contribution in [3.8, 4) is 11.3 Å². The zero-order chi connectivity index (χ0) is 26.3. The molecule has 0 unspecified atom stereocenters. The predicted octanol–water partition coefficient (Wildman–Crippen LogP) is 4.80. The van der Waals surface area contributed by atoms with Crippen molar-refractivity contribution in [1.82, 2.24) is 15.1 Å². The van der Waals surface area contributed by atoms with Gasteiger partial charge in [-0.1, -0.05) is 66.4 Å². The summed E-state index contributed by atoms with van der Waals surface area (Å²) in [5.41, 5.74) is 2.36. The molecule has 3 heterocycles. The fraction of sp³-hybridized carbons (Fsp3) is 0.276. The van der Waals surface area contributed by atoms with Crippen molar-refractivity contribution in [2.45, 2.75) is 13.0 Å². The maximum absolute atomic E-state index is 12.9. The first kappa shape index (κ1) is 26.4. The number of furan rings is 1. The van der Waals surface area contributed by atoms with Gasteiger partial charge in [0.2, 0.25) is 0 Å². The Morgan fingerprint density at radius 3 is 2.58 bits per heavy atom. The molecule has 0 saturated carbocycles. The zero-order valence-electron chi connectivity index (χ0n) is 20.9. The number of benzene rings is 2. The van der Waals surface area contributed by atoms with E-state index in [2.05, 4.69) is 10.2 Å². The highest BCUT2D eigenvalue weighted by Crippen LogP contribution is 2.34. The van der Waals surface area contributed by atoms with Gasteiger partial charge in [-0.2, -0.15) is 0 Å². The highest BCUT2D eigenvalue weighted by Gasteiger charge is 2.32. The first-order valence-corrected chi connectivity index (χ1v) is 13.9. The summed E-state index contributed by atoms with van der Waals surface area (Å²) in [5.74, 6) is 0.757. The van der Waals surface area contributed by atoms with E-state index in [0.29, 0.717) is 39.5 Å². The number of ether oxygens (including phenoxy) is 1. The van der Waals surface area contributed by atoms with Crippen LogP contribution in [0.3, 0.4) is 0 Å². The lowest BCUT2D eigenvalue weighted by molar-refractivity contribution is -0.122. The van der Waals surface area contributed by atoms with Gasteiger partial charge in [0.25, 0.3) is 5.91 Å². The van der Waals surface area contributed by atoms with Crippen molar-refractivity contribution < 1.29 is 18.7 Å². The van der Waals surface area contributed by atoms with E-state index >= 15 is 0 Å². The first-order chi connectivity index (χ1) is 18.6. The summed E-state index contributed by atoms with van der Waals surface area (Å²) in [4.78, 5) is 29.9. The number of piperazine rings is 1. The summed E-state index contributed by atoms with van der Waals surface area (Å²) in [7, 11) is 0. The SMILES string of the molecule is O=C(OCCCN1CCNCC1)c1ccc(-c2ccc(/C=C3/SC(=S)N(Cc4ccccc4)C3=O)o2)cc1. The summed E-state index contributed by atoms with van der Waals surface area (Å²) >= 11 is 6.72. The fourth-order valence-electron chi connectivity index (χ4n) is 4.36. The minimum atomic E-state index is -0.325. The van der Waals surface area contributed by atoms with Crippen molar-refractivity contribution in [2.24, 2.45) is 0 Å². The molecule has 2 aliphatic heterocycles. The molecule has 2 aromatic carbocycles. The van der Waals surface area contributed by atoms with E-state index in [-0.39, 0.29) is 11.9 Å². The quantitative estimate of drug-likeness (QED) is 0.177. The Morgan fingerprint density at radius 2 is 1.82 bits per heavy atom. The summed E-state index contributed by atoms with van der Waals surface area (Å²) < 4.78 is 12.0. The van der Waals surface area contributed by atoms with Crippen LogP contribution in [-0.2, 0) is 16.1 Å². The van der Waals surface area contributed by atoms with Gasteiger partial charge < -0.3 is 19.4 Å². The molecule has 0 spiro atoms. The Kier molecular flexibility index (Phi) is 8.70. The van der Waals surface area contributed by atoms with Crippen molar-refractivity contribution >= 4 is 46.3 Å². The van der Waals surface area contributed by atoms with E-state index in [1.54, 1.807) is 23.1 Å². The van der Waals surface area contributed by atoms with Crippen LogP contribution < -0.4 is 5.32 Å². The van der Waals surface area contributed by atoms with Crippen LogP contribution >= 0.6 is 24.0 Å². The number of hydrogen-bond acceptors (Lipinski definition) is 8. The molecule has 9 heteroatoms. The van der Waals surface area contributed by atoms with E-state index in [4.69, 9.17) is 21.4 Å². The van der Waals surface area contributed by atoms with Gasteiger partial charge in [-0.05, 0) is 36.2 Å². The van der Waals surface area contributed by atoms with Crippen LogP contribution in [-0.4, -0.2) is 65.3 Å². The molecule has 5 rings (SSSR count). The van der Waals surface area contributed by atoms with Crippen molar-refractivity contribution in [2.75, 3.05) is 39.3 Å². The second kappa shape index (κ2) is 12.5. The third-order valence-electron chi connectivity index (χ3n) is 6.42. The molecular formula is C29H29N3O4S2. The van der Waals surface area contributed by atoms with Crippen LogP contribution in [0.5, 0.6) is 0 Å². The van der Waals surface area contributed by atoms with Gasteiger partial charge in [0.05, 0.1) is 23.6 Å². The van der Waals surface area contributed by atoms with Crippen LogP contribution in [0, 0.1) is 0 Å². The zero-order valence-corrected chi connectivity index (χ0v) is 22.6. The number of nitrogens with zero attached hydrogens (tertiary/aromatic N) is 2. The monoisotopic (exact) mass is 547 g/mol. The molecule has 2 saturated heterocycles. The predicted molar refractivity (Wildman–Crippen MR) is 154 cm³/mol. The Labute approximate surface area is 231 Å². The van der Waals surface area contributed by atoms with Crippen molar-refractivity contribution in [3.63, 3.8) is 0 Å². The number of nitrogens with one attached hydrogen (secondary N) is 1. The van der Waals surface area contributed by atoms with E-state index < -0.39 is 0 Å². The number of carbonyl (C=O) groups excluding carboxylic acids is 2. The van der Waals surface area contributed by atoms with Crippen molar-refractivity contribution in [3.05, 3.63) is 88.5 Å². The molecule has 0 atom stereocenters. The molecule has 1 N–H and O–H groups in total. The van der Waals surface area contributed by atoms with E-state index in [1.165, 1.54) is 11.8 Å². The third kappa shape index (κ3) is 6.60. The lowest BCUT2D eigenvalue weighted by Gasteiger charge is -2.26. The van der Waals surface area contributed by atoms with E-state index in [1.807, 2.05) is 54.6 Å². The number of esters is 1. The minimum Gasteiger partial charge on any atom is -0.462 e. The van der Waals surface area contributed by atoms with Gasteiger partial charge in [0.1, 0.15) is 15.8 Å². The lowest BCUT2D eigenvalue weighted by Crippen LogP contribution is -2.43. The second-order valence-corrected chi connectivity index (χ2v) is 10.8. The average molecular weight is 548 g/mol. The fourth-order valence-corrected chi connectivity index (χ4v) is 5.59. The summed E-state index contributed by atoms with van der Waals surface area (Å²) in [6, 6.07) is 20.6. The van der Waals surface area contributed by atoms with Gasteiger partial charge in [0, 0.05) is 44.4 Å². The maximum Gasteiger partial charge on any atom is 0.338 e.